The third-order valence-electron chi connectivity index (χ3n) is 5.50. The predicted molar refractivity (Wildman–Crippen MR) is 119 cm³/mol. The zero-order chi connectivity index (χ0) is 21.1. The van der Waals surface area contributed by atoms with Gasteiger partial charge in [-0.2, -0.15) is 0 Å². The van der Waals surface area contributed by atoms with Crippen LogP contribution < -0.4 is 0 Å². The number of carbonyl (C=O) groups excluding carboxylic acids is 1. The van der Waals surface area contributed by atoms with E-state index in [-0.39, 0.29) is 5.91 Å². The Morgan fingerprint density at radius 1 is 1.00 bits per heavy atom. The van der Waals surface area contributed by atoms with Crippen molar-refractivity contribution in [2.75, 3.05) is 39.0 Å². The molecule has 1 saturated heterocycles. The molecule has 0 spiro atoms. The molecule has 0 bridgehead atoms. The van der Waals surface area contributed by atoms with Crippen molar-refractivity contribution >= 4 is 17.7 Å². The normalized spacial score (nSPS) is 14.8. The summed E-state index contributed by atoms with van der Waals surface area (Å²) in [6.07, 6.45) is 3.50. The van der Waals surface area contributed by atoms with Crippen LogP contribution in [0.15, 0.2) is 47.9 Å². The Morgan fingerprint density at radius 2 is 1.73 bits per heavy atom. The molecule has 1 aromatic carbocycles. The average molecular weight is 423 g/mol. The smallest absolute Gasteiger partial charge is 0.233 e. The summed E-state index contributed by atoms with van der Waals surface area (Å²) in [6, 6.07) is 10.2. The van der Waals surface area contributed by atoms with Crippen molar-refractivity contribution in [1.29, 1.82) is 0 Å². The first-order valence-corrected chi connectivity index (χ1v) is 11.0. The molecule has 0 saturated carbocycles. The first-order valence-electron chi connectivity index (χ1n) is 10.1. The van der Waals surface area contributed by atoms with E-state index in [9.17, 15) is 4.79 Å². The molecule has 8 heteroatoms. The van der Waals surface area contributed by atoms with Crippen molar-refractivity contribution < 1.29 is 4.79 Å². The maximum Gasteiger partial charge on any atom is 0.233 e. The Kier molecular flexibility index (Phi) is 6.15. The topological polar surface area (TPSA) is 67.2 Å². The van der Waals surface area contributed by atoms with E-state index in [4.69, 9.17) is 0 Å². The zero-order valence-electron chi connectivity index (χ0n) is 17.6. The minimum absolute atomic E-state index is 0.146. The first kappa shape index (κ1) is 20.6. The summed E-state index contributed by atoms with van der Waals surface area (Å²) in [6.45, 7) is 7.59. The van der Waals surface area contributed by atoms with E-state index >= 15 is 0 Å². The third kappa shape index (κ3) is 4.39. The summed E-state index contributed by atoms with van der Waals surface area (Å²) in [5.41, 5.74) is 4.36. The SMILES string of the molecule is Cc1ccc(-n2c(SCC(=O)N3CCN(C)CC3)nnc2-c2ccncc2)cc1C. The molecule has 0 N–H and O–H groups in total. The number of pyridine rings is 1. The van der Waals surface area contributed by atoms with Crippen molar-refractivity contribution in [2.24, 2.45) is 0 Å². The number of nitrogens with zero attached hydrogens (tertiary/aromatic N) is 6. The van der Waals surface area contributed by atoms with E-state index in [1.54, 1.807) is 12.4 Å². The number of piperazine rings is 1. The zero-order valence-corrected chi connectivity index (χ0v) is 18.4. The lowest BCUT2D eigenvalue weighted by Crippen LogP contribution is -2.47. The molecule has 2 aromatic heterocycles. The highest BCUT2D eigenvalue weighted by Gasteiger charge is 2.22. The van der Waals surface area contributed by atoms with Crippen molar-refractivity contribution in [3.8, 4) is 17.1 Å². The molecule has 156 valence electrons. The first-order chi connectivity index (χ1) is 14.5. The summed E-state index contributed by atoms with van der Waals surface area (Å²) < 4.78 is 2.03. The summed E-state index contributed by atoms with van der Waals surface area (Å²) in [5.74, 6) is 1.24. The van der Waals surface area contributed by atoms with Gasteiger partial charge in [-0.15, -0.1) is 10.2 Å². The Balaban J connectivity index is 1.62. The highest BCUT2D eigenvalue weighted by Crippen LogP contribution is 2.29. The number of thioether (sulfide) groups is 1. The molecule has 0 unspecified atom stereocenters. The lowest BCUT2D eigenvalue weighted by Gasteiger charge is -2.32. The van der Waals surface area contributed by atoms with Crippen LogP contribution in [0.4, 0.5) is 0 Å². The highest BCUT2D eigenvalue weighted by molar-refractivity contribution is 7.99. The van der Waals surface area contributed by atoms with Gasteiger partial charge >= 0.3 is 0 Å². The molecular weight excluding hydrogens is 396 g/mol. The fourth-order valence-corrected chi connectivity index (χ4v) is 4.28. The van der Waals surface area contributed by atoms with E-state index in [0.717, 1.165) is 43.3 Å². The van der Waals surface area contributed by atoms with Gasteiger partial charge in [0.2, 0.25) is 5.91 Å². The monoisotopic (exact) mass is 422 g/mol. The van der Waals surface area contributed by atoms with Gasteiger partial charge in [0.15, 0.2) is 11.0 Å². The highest BCUT2D eigenvalue weighted by atomic mass is 32.2. The lowest BCUT2D eigenvalue weighted by atomic mass is 10.1. The second-order valence-corrected chi connectivity index (χ2v) is 8.56. The van der Waals surface area contributed by atoms with Gasteiger partial charge in [-0.05, 0) is 56.3 Å². The van der Waals surface area contributed by atoms with Crippen LogP contribution in [0.2, 0.25) is 0 Å². The van der Waals surface area contributed by atoms with Crippen molar-refractivity contribution in [2.45, 2.75) is 19.0 Å². The molecular formula is C22H26N6OS. The van der Waals surface area contributed by atoms with E-state index in [0.29, 0.717) is 10.9 Å². The minimum Gasteiger partial charge on any atom is -0.339 e. The van der Waals surface area contributed by atoms with Crippen molar-refractivity contribution in [1.82, 2.24) is 29.5 Å². The maximum atomic E-state index is 12.7. The molecule has 1 amide bonds. The number of likely N-dealkylation sites (N-methyl/N-ethyl adjacent to an activating group) is 1. The minimum atomic E-state index is 0.146. The van der Waals surface area contributed by atoms with Crippen LogP contribution >= 0.6 is 11.8 Å². The molecule has 30 heavy (non-hydrogen) atoms. The predicted octanol–water partition coefficient (Wildman–Crippen LogP) is 2.81. The summed E-state index contributed by atoms with van der Waals surface area (Å²) in [5, 5.41) is 9.59. The van der Waals surface area contributed by atoms with Crippen molar-refractivity contribution in [3.63, 3.8) is 0 Å². The summed E-state index contributed by atoms with van der Waals surface area (Å²) in [7, 11) is 2.09. The number of rotatable bonds is 5. The number of hydrogen-bond donors (Lipinski definition) is 0. The van der Waals surface area contributed by atoms with Gasteiger partial charge in [-0.25, -0.2) is 0 Å². The second-order valence-electron chi connectivity index (χ2n) is 7.62. The van der Waals surface area contributed by atoms with E-state index in [1.165, 1.54) is 22.9 Å². The van der Waals surface area contributed by atoms with Crippen LogP contribution in [-0.4, -0.2) is 74.4 Å². The molecule has 1 aliphatic heterocycles. The molecule has 3 heterocycles. The number of amides is 1. The molecule has 3 aromatic rings. The van der Waals surface area contributed by atoms with Gasteiger partial charge in [0, 0.05) is 44.1 Å². The van der Waals surface area contributed by atoms with Crippen LogP contribution in [0.5, 0.6) is 0 Å². The van der Waals surface area contributed by atoms with E-state index in [2.05, 4.69) is 59.2 Å². The van der Waals surface area contributed by atoms with Crippen LogP contribution in [0.25, 0.3) is 17.1 Å². The van der Waals surface area contributed by atoms with Gasteiger partial charge in [-0.1, -0.05) is 17.8 Å². The number of aromatic nitrogens is 4. The summed E-state index contributed by atoms with van der Waals surface area (Å²) >= 11 is 1.44. The number of benzene rings is 1. The van der Waals surface area contributed by atoms with E-state index in [1.807, 2.05) is 21.6 Å². The Bertz CT molecular complexity index is 1030. The van der Waals surface area contributed by atoms with Gasteiger partial charge in [0.25, 0.3) is 0 Å². The third-order valence-corrected chi connectivity index (χ3v) is 6.42. The molecule has 1 aliphatic rings. The molecule has 0 atom stereocenters. The second kappa shape index (κ2) is 8.97. The van der Waals surface area contributed by atoms with Crippen LogP contribution in [0, 0.1) is 13.8 Å². The Hall–Kier alpha value is -2.71. The van der Waals surface area contributed by atoms with Gasteiger partial charge in [0.05, 0.1) is 11.4 Å². The quantitative estimate of drug-likeness (QED) is 0.589. The Labute approximate surface area is 181 Å². The number of hydrogen-bond acceptors (Lipinski definition) is 6. The molecule has 0 radical (unpaired) electrons. The molecule has 4 rings (SSSR count). The Morgan fingerprint density at radius 3 is 2.43 bits per heavy atom. The van der Waals surface area contributed by atoms with Crippen LogP contribution in [-0.2, 0) is 4.79 Å². The van der Waals surface area contributed by atoms with Crippen LogP contribution in [0.1, 0.15) is 11.1 Å². The fraction of sp³-hybridized carbons (Fsp3) is 0.364. The fourth-order valence-electron chi connectivity index (χ4n) is 3.42. The van der Waals surface area contributed by atoms with Crippen LogP contribution in [0.3, 0.4) is 0 Å². The standard InChI is InChI=1S/C22H26N6OS/c1-16-4-5-19(14-17(16)2)28-21(18-6-8-23-9-7-18)24-25-22(28)30-15-20(29)27-12-10-26(3)11-13-27/h4-9,14H,10-13,15H2,1-3H3. The van der Waals surface area contributed by atoms with E-state index < -0.39 is 0 Å². The molecule has 7 nitrogen and oxygen atoms in total. The largest absolute Gasteiger partial charge is 0.339 e. The number of carbonyl (C=O) groups is 1. The molecule has 0 aliphatic carbocycles. The summed E-state index contributed by atoms with van der Waals surface area (Å²) in [4.78, 5) is 21.0. The maximum absolute atomic E-state index is 12.7. The van der Waals surface area contributed by atoms with Crippen molar-refractivity contribution in [3.05, 3.63) is 53.9 Å². The van der Waals surface area contributed by atoms with Gasteiger partial charge < -0.3 is 9.80 Å². The average Bonchev–Trinajstić information content (AvgIpc) is 3.19. The van der Waals surface area contributed by atoms with Gasteiger partial charge in [0.1, 0.15) is 0 Å². The number of aryl methyl sites for hydroxylation is 2. The lowest BCUT2D eigenvalue weighted by molar-refractivity contribution is -0.129. The molecule has 1 fully saturated rings. The van der Waals surface area contributed by atoms with Gasteiger partial charge in [-0.3, -0.25) is 14.3 Å².